The van der Waals surface area contributed by atoms with Gasteiger partial charge in [0.15, 0.2) is 0 Å². The summed E-state index contributed by atoms with van der Waals surface area (Å²) < 4.78 is 0. The molecular formula is C18H26N2O2S. The van der Waals surface area contributed by atoms with Crippen LogP contribution in [0.2, 0.25) is 0 Å². The van der Waals surface area contributed by atoms with Crippen molar-refractivity contribution in [3.8, 4) is 0 Å². The molecule has 126 valence electrons. The first kappa shape index (κ1) is 17.9. The average molecular weight is 334 g/mol. The number of hydrogen-bond donors (Lipinski definition) is 2. The van der Waals surface area contributed by atoms with Crippen LogP contribution in [0.1, 0.15) is 43.7 Å². The van der Waals surface area contributed by atoms with Gasteiger partial charge in [-0.25, -0.2) is 0 Å². The van der Waals surface area contributed by atoms with Crippen molar-refractivity contribution in [1.29, 1.82) is 0 Å². The fourth-order valence-electron chi connectivity index (χ4n) is 2.88. The summed E-state index contributed by atoms with van der Waals surface area (Å²) in [6.45, 7) is 5.85. The molecule has 0 saturated heterocycles. The van der Waals surface area contributed by atoms with Crippen molar-refractivity contribution in [2.75, 3.05) is 11.9 Å². The summed E-state index contributed by atoms with van der Waals surface area (Å²) in [6, 6.07) is 5.88. The zero-order valence-corrected chi connectivity index (χ0v) is 15.0. The molecule has 2 N–H and O–H groups in total. The Kier molecular flexibility index (Phi) is 6.51. The van der Waals surface area contributed by atoms with Crippen LogP contribution in [0.15, 0.2) is 18.2 Å². The van der Waals surface area contributed by atoms with Gasteiger partial charge in [-0.3, -0.25) is 9.59 Å². The largest absolute Gasteiger partial charge is 0.346 e. The van der Waals surface area contributed by atoms with Crippen LogP contribution in [-0.2, 0) is 9.59 Å². The first-order chi connectivity index (χ1) is 11.0. The number of carbonyl (C=O) groups excluding carboxylic acids is 2. The molecule has 1 saturated carbocycles. The number of hydrogen-bond acceptors (Lipinski definition) is 3. The lowest BCUT2D eigenvalue weighted by Crippen LogP contribution is -2.37. The predicted molar refractivity (Wildman–Crippen MR) is 96.9 cm³/mol. The molecule has 0 heterocycles. The van der Waals surface area contributed by atoms with E-state index in [-0.39, 0.29) is 23.6 Å². The molecule has 0 aliphatic heterocycles. The third-order valence-electron chi connectivity index (χ3n) is 4.24. The van der Waals surface area contributed by atoms with Crippen LogP contribution in [0.4, 0.5) is 5.69 Å². The van der Waals surface area contributed by atoms with Crippen molar-refractivity contribution < 1.29 is 9.59 Å². The van der Waals surface area contributed by atoms with Gasteiger partial charge in [0.05, 0.1) is 11.8 Å². The number of amides is 2. The van der Waals surface area contributed by atoms with Gasteiger partial charge < -0.3 is 10.6 Å². The lowest BCUT2D eigenvalue weighted by atomic mass is 10.1. The van der Waals surface area contributed by atoms with Crippen LogP contribution in [-0.4, -0.2) is 28.9 Å². The molecule has 4 nitrogen and oxygen atoms in total. The Labute approximate surface area is 142 Å². The van der Waals surface area contributed by atoms with Crippen molar-refractivity contribution in [3.63, 3.8) is 0 Å². The van der Waals surface area contributed by atoms with E-state index >= 15 is 0 Å². The summed E-state index contributed by atoms with van der Waals surface area (Å²) >= 11 is 1.73. The molecule has 1 atom stereocenters. The molecule has 1 aliphatic rings. The molecule has 2 amide bonds. The van der Waals surface area contributed by atoms with Gasteiger partial charge in [-0.05, 0) is 44.7 Å². The number of thioether (sulfide) groups is 1. The van der Waals surface area contributed by atoms with E-state index in [1.165, 1.54) is 25.7 Å². The topological polar surface area (TPSA) is 58.2 Å². The molecule has 5 heteroatoms. The number of para-hydroxylation sites is 1. The SMILES string of the molecule is Cc1cccc(C)c1NC(=O)CNC(=O)[C@@H](C)SC1CCCC1. The van der Waals surface area contributed by atoms with Gasteiger partial charge in [0.25, 0.3) is 0 Å². The van der Waals surface area contributed by atoms with E-state index in [0.717, 1.165) is 16.8 Å². The number of carbonyl (C=O) groups is 2. The molecule has 2 rings (SSSR count). The maximum atomic E-state index is 12.1. The third-order valence-corrected chi connectivity index (χ3v) is 5.72. The highest BCUT2D eigenvalue weighted by molar-refractivity contribution is 8.01. The fraction of sp³-hybridized carbons (Fsp3) is 0.556. The summed E-state index contributed by atoms with van der Waals surface area (Å²) in [5.41, 5.74) is 2.88. The van der Waals surface area contributed by atoms with Crippen molar-refractivity contribution in [2.24, 2.45) is 0 Å². The van der Waals surface area contributed by atoms with Gasteiger partial charge >= 0.3 is 0 Å². The molecule has 1 fully saturated rings. The second-order valence-electron chi connectivity index (χ2n) is 6.22. The molecule has 1 aliphatic carbocycles. The zero-order chi connectivity index (χ0) is 16.8. The lowest BCUT2D eigenvalue weighted by Gasteiger charge is -2.16. The summed E-state index contributed by atoms with van der Waals surface area (Å²) in [5.74, 6) is -0.243. The maximum Gasteiger partial charge on any atom is 0.243 e. The highest BCUT2D eigenvalue weighted by Crippen LogP contribution is 2.32. The maximum absolute atomic E-state index is 12.1. The highest BCUT2D eigenvalue weighted by atomic mass is 32.2. The van der Waals surface area contributed by atoms with Crippen LogP contribution in [0.3, 0.4) is 0 Å². The highest BCUT2D eigenvalue weighted by Gasteiger charge is 2.22. The van der Waals surface area contributed by atoms with Gasteiger partial charge in [0.1, 0.15) is 0 Å². The number of rotatable bonds is 6. The van der Waals surface area contributed by atoms with Crippen molar-refractivity contribution >= 4 is 29.3 Å². The zero-order valence-electron chi connectivity index (χ0n) is 14.1. The summed E-state index contributed by atoms with van der Waals surface area (Å²) in [6.07, 6.45) is 4.94. The summed E-state index contributed by atoms with van der Waals surface area (Å²) in [4.78, 5) is 24.2. The lowest BCUT2D eigenvalue weighted by molar-refractivity contribution is -0.123. The number of nitrogens with one attached hydrogen (secondary N) is 2. The Morgan fingerprint density at radius 3 is 2.43 bits per heavy atom. The van der Waals surface area contributed by atoms with E-state index in [1.807, 2.05) is 39.0 Å². The van der Waals surface area contributed by atoms with Crippen LogP contribution in [0, 0.1) is 13.8 Å². The molecule has 0 bridgehead atoms. The van der Waals surface area contributed by atoms with E-state index < -0.39 is 0 Å². The summed E-state index contributed by atoms with van der Waals surface area (Å²) in [5, 5.41) is 6.12. The second kappa shape index (κ2) is 8.39. The van der Waals surface area contributed by atoms with Gasteiger partial charge in [-0.15, -0.1) is 11.8 Å². The first-order valence-corrected chi connectivity index (χ1v) is 9.21. The van der Waals surface area contributed by atoms with Crippen molar-refractivity contribution in [2.45, 2.75) is 57.0 Å². The first-order valence-electron chi connectivity index (χ1n) is 8.26. The normalized spacial score (nSPS) is 16.1. The van der Waals surface area contributed by atoms with Gasteiger partial charge in [0, 0.05) is 10.9 Å². The molecule has 0 spiro atoms. The van der Waals surface area contributed by atoms with Crippen LogP contribution >= 0.6 is 11.8 Å². The van der Waals surface area contributed by atoms with Crippen molar-refractivity contribution in [1.82, 2.24) is 5.32 Å². The number of aryl methyl sites for hydroxylation is 2. The fourth-order valence-corrected chi connectivity index (χ4v) is 4.27. The monoisotopic (exact) mass is 334 g/mol. The second-order valence-corrected chi connectivity index (χ2v) is 7.86. The van der Waals surface area contributed by atoms with Crippen LogP contribution < -0.4 is 10.6 Å². The van der Waals surface area contributed by atoms with E-state index in [4.69, 9.17) is 0 Å². The molecule has 0 aromatic heterocycles. The minimum absolute atomic E-state index is 0.0160. The van der Waals surface area contributed by atoms with E-state index in [0.29, 0.717) is 5.25 Å². The average Bonchev–Trinajstić information content (AvgIpc) is 3.01. The molecular weight excluding hydrogens is 308 g/mol. The number of benzene rings is 1. The van der Waals surface area contributed by atoms with E-state index in [9.17, 15) is 9.59 Å². The minimum Gasteiger partial charge on any atom is -0.346 e. The summed E-state index contributed by atoms with van der Waals surface area (Å²) in [7, 11) is 0. The Morgan fingerprint density at radius 1 is 1.22 bits per heavy atom. The molecule has 23 heavy (non-hydrogen) atoms. The Hall–Kier alpha value is -1.49. The van der Waals surface area contributed by atoms with E-state index in [2.05, 4.69) is 10.6 Å². The van der Waals surface area contributed by atoms with Gasteiger partial charge in [-0.2, -0.15) is 0 Å². The predicted octanol–water partition coefficient (Wildman–Crippen LogP) is 3.42. The Morgan fingerprint density at radius 2 is 1.83 bits per heavy atom. The van der Waals surface area contributed by atoms with Crippen LogP contribution in [0.5, 0.6) is 0 Å². The Balaban J connectivity index is 1.78. The third kappa shape index (κ3) is 5.27. The minimum atomic E-state index is -0.186. The van der Waals surface area contributed by atoms with Gasteiger partial charge in [-0.1, -0.05) is 31.0 Å². The standard InChI is InChI=1S/C18H26N2O2S/c1-12-7-6-8-13(2)17(12)20-16(21)11-19-18(22)14(3)23-15-9-4-5-10-15/h6-8,14-15H,4-5,9-11H2,1-3H3,(H,19,22)(H,20,21)/t14-/m1/s1. The van der Waals surface area contributed by atoms with Gasteiger partial charge in [0.2, 0.25) is 11.8 Å². The quantitative estimate of drug-likeness (QED) is 0.838. The number of anilines is 1. The van der Waals surface area contributed by atoms with Crippen molar-refractivity contribution in [3.05, 3.63) is 29.3 Å². The molecule has 0 radical (unpaired) electrons. The smallest absolute Gasteiger partial charge is 0.243 e. The molecule has 0 unspecified atom stereocenters. The molecule has 1 aromatic carbocycles. The molecule has 1 aromatic rings. The Bertz CT molecular complexity index is 548. The van der Waals surface area contributed by atoms with Crippen LogP contribution in [0.25, 0.3) is 0 Å². The van der Waals surface area contributed by atoms with E-state index in [1.54, 1.807) is 11.8 Å².